The molecule has 1 saturated carbocycles. The lowest BCUT2D eigenvalue weighted by molar-refractivity contribution is -0.137. The van der Waals surface area contributed by atoms with Crippen molar-refractivity contribution in [3.8, 4) is 5.75 Å². The lowest BCUT2D eigenvalue weighted by Crippen LogP contribution is -2.47. The molecule has 0 unspecified atom stereocenters. The molecule has 136 valence electrons. The number of rotatable bonds is 3. The van der Waals surface area contributed by atoms with Gasteiger partial charge in [0.15, 0.2) is 0 Å². The van der Waals surface area contributed by atoms with Crippen LogP contribution in [0.4, 0.5) is 4.79 Å². The summed E-state index contributed by atoms with van der Waals surface area (Å²) in [4.78, 5) is 28.4. The van der Waals surface area contributed by atoms with Crippen LogP contribution < -0.4 is 10.5 Å². The molecule has 1 aliphatic carbocycles. The van der Waals surface area contributed by atoms with E-state index in [1.165, 1.54) is 0 Å². The van der Waals surface area contributed by atoms with Crippen molar-refractivity contribution in [1.29, 1.82) is 0 Å². The summed E-state index contributed by atoms with van der Waals surface area (Å²) in [6.45, 7) is 2.37. The highest BCUT2D eigenvalue weighted by atomic mass is 16.5. The maximum atomic E-state index is 13.5. The molecule has 1 aromatic rings. The quantitative estimate of drug-likeness (QED) is 0.912. The molecular formula is C19H27N3O3. The van der Waals surface area contributed by atoms with E-state index in [9.17, 15) is 9.59 Å². The molecule has 25 heavy (non-hydrogen) atoms. The maximum absolute atomic E-state index is 13.5. The van der Waals surface area contributed by atoms with Gasteiger partial charge in [0.1, 0.15) is 5.75 Å². The SMILES string of the molecule is COc1ccc(C2(C(=O)N3CCCN(C(N)=O)CC3)CCCC2)cc1. The Balaban J connectivity index is 1.82. The first-order valence-electron chi connectivity index (χ1n) is 9.05. The second kappa shape index (κ2) is 7.33. The largest absolute Gasteiger partial charge is 0.497 e. The standard InChI is InChI=1S/C19H27N3O3/c1-25-16-7-5-15(6-8-16)19(9-2-3-10-19)17(23)21-11-4-12-22(14-13-21)18(20)24/h5-8H,2-4,9-14H2,1H3,(H2,20,24). The first-order valence-corrected chi connectivity index (χ1v) is 9.05. The summed E-state index contributed by atoms with van der Waals surface area (Å²) in [5, 5.41) is 0. The minimum Gasteiger partial charge on any atom is -0.497 e. The highest BCUT2D eigenvalue weighted by Gasteiger charge is 2.45. The zero-order valence-corrected chi connectivity index (χ0v) is 14.9. The molecule has 2 N–H and O–H groups in total. The smallest absolute Gasteiger partial charge is 0.314 e. The van der Waals surface area contributed by atoms with Gasteiger partial charge in [-0.2, -0.15) is 0 Å². The topological polar surface area (TPSA) is 75.9 Å². The Hall–Kier alpha value is -2.24. The summed E-state index contributed by atoms with van der Waals surface area (Å²) in [6, 6.07) is 7.51. The average Bonchev–Trinajstić information content (AvgIpc) is 2.99. The molecule has 3 amide bonds. The van der Waals surface area contributed by atoms with Crippen LogP contribution in [0.5, 0.6) is 5.75 Å². The zero-order chi connectivity index (χ0) is 17.9. The number of carbonyl (C=O) groups excluding carboxylic acids is 2. The fourth-order valence-corrected chi connectivity index (χ4v) is 4.16. The van der Waals surface area contributed by atoms with E-state index in [-0.39, 0.29) is 5.91 Å². The molecule has 1 aliphatic heterocycles. The van der Waals surface area contributed by atoms with Crippen molar-refractivity contribution in [2.75, 3.05) is 33.3 Å². The molecule has 0 bridgehead atoms. The molecule has 3 rings (SSSR count). The number of nitrogens with zero attached hydrogens (tertiary/aromatic N) is 2. The number of nitrogens with two attached hydrogens (primary N) is 1. The Morgan fingerprint density at radius 2 is 1.56 bits per heavy atom. The number of methoxy groups -OCH3 is 1. The number of hydrogen-bond acceptors (Lipinski definition) is 3. The van der Waals surface area contributed by atoms with Gasteiger partial charge in [-0.25, -0.2) is 4.79 Å². The second-order valence-corrected chi connectivity index (χ2v) is 6.99. The summed E-state index contributed by atoms with van der Waals surface area (Å²) < 4.78 is 5.25. The van der Waals surface area contributed by atoms with E-state index in [0.29, 0.717) is 26.2 Å². The molecule has 6 heteroatoms. The predicted molar refractivity (Wildman–Crippen MR) is 95.5 cm³/mol. The van der Waals surface area contributed by atoms with Gasteiger partial charge in [0.2, 0.25) is 5.91 Å². The van der Waals surface area contributed by atoms with E-state index in [1.807, 2.05) is 29.2 Å². The van der Waals surface area contributed by atoms with Gasteiger partial charge in [0, 0.05) is 26.2 Å². The fraction of sp³-hybridized carbons (Fsp3) is 0.579. The van der Waals surface area contributed by atoms with Crippen molar-refractivity contribution in [1.82, 2.24) is 9.80 Å². The minimum atomic E-state index is -0.436. The van der Waals surface area contributed by atoms with Crippen LogP contribution in [0, 0.1) is 0 Å². The molecule has 1 heterocycles. The minimum absolute atomic E-state index is 0.196. The van der Waals surface area contributed by atoms with Crippen molar-refractivity contribution < 1.29 is 14.3 Å². The maximum Gasteiger partial charge on any atom is 0.314 e. The third kappa shape index (κ3) is 3.43. The van der Waals surface area contributed by atoms with Gasteiger partial charge in [-0.15, -0.1) is 0 Å². The Kier molecular flexibility index (Phi) is 5.16. The number of ether oxygens (including phenoxy) is 1. The van der Waals surface area contributed by atoms with Crippen LogP contribution in [0.25, 0.3) is 0 Å². The van der Waals surface area contributed by atoms with Crippen molar-refractivity contribution in [2.45, 2.75) is 37.5 Å². The summed E-state index contributed by atoms with van der Waals surface area (Å²) in [5.41, 5.74) is 6.04. The zero-order valence-electron chi connectivity index (χ0n) is 14.9. The third-order valence-corrected chi connectivity index (χ3v) is 5.60. The first-order chi connectivity index (χ1) is 12.1. The summed E-state index contributed by atoms with van der Waals surface area (Å²) >= 11 is 0. The molecule has 0 aromatic heterocycles. The molecule has 2 aliphatic rings. The van der Waals surface area contributed by atoms with Gasteiger partial charge in [0.25, 0.3) is 0 Å². The predicted octanol–water partition coefficient (Wildman–Crippen LogP) is 2.12. The monoisotopic (exact) mass is 345 g/mol. The van der Waals surface area contributed by atoms with E-state index in [4.69, 9.17) is 10.5 Å². The van der Waals surface area contributed by atoms with Crippen molar-refractivity contribution in [2.24, 2.45) is 5.73 Å². The molecular weight excluding hydrogens is 318 g/mol. The van der Waals surface area contributed by atoms with Crippen LogP contribution in [-0.4, -0.2) is 55.0 Å². The van der Waals surface area contributed by atoms with Gasteiger partial charge in [-0.05, 0) is 37.0 Å². The molecule has 6 nitrogen and oxygen atoms in total. The number of primary amides is 1. The van der Waals surface area contributed by atoms with E-state index in [2.05, 4.69) is 0 Å². The highest BCUT2D eigenvalue weighted by molar-refractivity contribution is 5.89. The van der Waals surface area contributed by atoms with Crippen LogP contribution in [-0.2, 0) is 10.2 Å². The first kappa shape index (κ1) is 17.6. The molecule has 0 atom stereocenters. The summed E-state index contributed by atoms with van der Waals surface area (Å²) in [5.74, 6) is 0.998. The van der Waals surface area contributed by atoms with Crippen LogP contribution >= 0.6 is 0 Å². The molecule has 1 saturated heterocycles. The number of benzene rings is 1. The van der Waals surface area contributed by atoms with Crippen LogP contribution in [0.15, 0.2) is 24.3 Å². The van der Waals surface area contributed by atoms with E-state index in [0.717, 1.165) is 43.4 Å². The lowest BCUT2D eigenvalue weighted by atomic mass is 9.77. The van der Waals surface area contributed by atoms with Gasteiger partial charge in [0.05, 0.1) is 12.5 Å². The second-order valence-electron chi connectivity index (χ2n) is 6.99. The Morgan fingerprint density at radius 3 is 2.16 bits per heavy atom. The fourth-order valence-electron chi connectivity index (χ4n) is 4.16. The number of carbonyl (C=O) groups is 2. The van der Waals surface area contributed by atoms with Crippen LogP contribution in [0.2, 0.25) is 0 Å². The Morgan fingerprint density at radius 1 is 0.960 bits per heavy atom. The normalized spacial score (nSPS) is 20.2. The third-order valence-electron chi connectivity index (χ3n) is 5.60. The summed E-state index contributed by atoms with van der Waals surface area (Å²) in [7, 11) is 1.65. The lowest BCUT2D eigenvalue weighted by Gasteiger charge is -2.34. The van der Waals surface area contributed by atoms with Gasteiger partial charge in [-0.1, -0.05) is 25.0 Å². The van der Waals surface area contributed by atoms with Gasteiger partial charge in [-0.3, -0.25) is 4.79 Å². The Labute approximate surface area is 148 Å². The van der Waals surface area contributed by atoms with Crippen LogP contribution in [0.1, 0.15) is 37.7 Å². The van der Waals surface area contributed by atoms with Crippen molar-refractivity contribution in [3.05, 3.63) is 29.8 Å². The van der Waals surface area contributed by atoms with E-state index < -0.39 is 11.4 Å². The van der Waals surface area contributed by atoms with E-state index in [1.54, 1.807) is 12.0 Å². The number of urea groups is 1. The number of amides is 3. The van der Waals surface area contributed by atoms with Crippen LogP contribution in [0.3, 0.4) is 0 Å². The molecule has 0 spiro atoms. The number of hydrogen-bond donors (Lipinski definition) is 1. The Bertz CT molecular complexity index is 623. The molecule has 2 fully saturated rings. The van der Waals surface area contributed by atoms with Crippen molar-refractivity contribution in [3.63, 3.8) is 0 Å². The molecule has 0 radical (unpaired) electrons. The highest BCUT2D eigenvalue weighted by Crippen LogP contribution is 2.43. The van der Waals surface area contributed by atoms with E-state index >= 15 is 0 Å². The summed E-state index contributed by atoms with van der Waals surface area (Å²) in [6.07, 6.45) is 4.67. The average molecular weight is 345 g/mol. The van der Waals surface area contributed by atoms with Crippen molar-refractivity contribution >= 4 is 11.9 Å². The van der Waals surface area contributed by atoms with Gasteiger partial charge < -0.3 is 20.3 Å². The molecule has 1 aromatic carbocycles. The van der Waals surface area contributed by atoms with Gasteiger partial charge >= 0.3 is 6.03 Å².